The Morgan fingerprint density at radius 2 is 2.03 bits per heavy atom. The fourth-order valence-corrected chi connectivity index (χ4v) is 4.34. The lowest BCUT2D eigenvalue weighted by Crippen LogP contribution is -2.51. The van der Waals surface area contributed by atoms with Crippen LogP contribution < -0.4 is 5.32 Å². The van der Waals surface area contributed by atoms with E-state index in [1.54, 1.807) is 4.90 Å². The molecule has 1 aromatic carbocycles. The van der Waals surface area contributed by atoms with E-state index < -0.39 is 28.8 Å². The number of carbonyl (C=O) groups excluding carboxylic acids is 2. The second-order valence-corrected chi connectivity index (χ2v) is 7.57. The maximum Gasteiger partial charge on any atom is 0.417 e. The average molecular weight is 431 g/mol. The van der Waals surface area contributed by atoms with Crippen LogP contribution in [0.25, 0.3) is 5.57 Å². The number of urea groups is 1. The number of hydrogen-bond donors (Lipinski definition) is 1. The molecule has 0 saturated carbocycles. The van der Waals surface area contributed by atoms with Crippen molar-refractivity contribution >= 4 is 29.2 Å². The second-order valence-electron chi connectivity index (χ2n) is 7.17. The summed E-state index contributed by atoms with van der Waals surface area (Å²) in [4.78, 5) is 26.8. The molecule has 158 valence electrons. The smallest absolute Gasteiger partial charge is 0.417 e. The van der Waals surface area contributed by atoms with Gasteiger partial charge >= 0.3 is 18.2 Å². The van der Waals surface area contributed by atoms with Crippen LogP contribution in [0.1, 0.15) is 43.7 Å². The van der Waals surface area contributed by atoms with Crippen molar-refractivity contribution in [3.8, 4) is 0 Å². The Balaban J connectivity index is 2.08. The number of rotatable bonds is 4. The number of benzene rings is 1. The third-order valence-corrected chi connectivity index (χ3v) is 5.72. The maximum atomic E-state index is 13.3. The largest absolute Gasteiger partial charge is 0.466 e. The molecule has 0 aliphatic carbocycles. The molecule has 1 saturated heterocycles. The van der Waals surface area contributed by atoms with E-state index in [-0.39, 0.29) is 29.6 Å². The lowest BCUT2D eigenvalue weighted by Gasteiger charge is -2.37. The van der Waals surface area contributed by atoms with Gasteiger partial charge in [-0.2, -0.15) is 13.2 Å². The van der Waals surface area contributed by atoms with Crippen molar-refractivity contribution in [2.24, 2.45) is 0 Å². The number of esters is 1. The first-order valence-electron chi connectivity index (χ1n) is 9.43. The van der Waals surface area contributed by atoms with E-state index in [1.807, 2.05) is 6.92 Å². The minimum atomic E-state index is -4.61. The van der Waals surface area contributed by atoms with Gasteiger partial charge in [-0.15, -0.1) is 0 Å². The number of methoxy groups -OCH3 is 1. The number of nitrogens with one attached hydrogen (secondary N) is 1. The Morgan fingerprint density at radius 3 is 2.66 bits per heavy atom. The molecule has 2 atom stereocenters. The van der Waals surface area contributed by atoms with Crippen molar-refractivity contribution in [2.45, 2.75) is 50.9 Å². The normalized spacial score (nSPS) is 21.4. The zero-order valence-electron chi connectivity index (χ0n) is 16.1. The highest BCUT2D eigenvalue weighted by molar-refractivity contribution is 6.31. The predicted molar refractivity (Wildman–Crippen MR) is 102 cm³/mol. The van der Waals surface area contributed by atoms with Gasteiger partial charge in [-0.3, -0.25) is 0 Å². The zero-order valence-corrected chi connectivity index (χ0v) is 16.9. The number of ether oxygens (including phenoxy) is 1. The van der Waals surface area contributed by atoms with E-state index in [1.165, 1.54) is 19.2 Å². The molecular formula is C20H22ClF3N2O3. The van der Waals surface area contributed by atoms with Gasteiger partial charge in [0.15, 0.2) is 0 Å². The van der Waals surface area contributed by atoms with Gasteiger partial charge in [0.25, 0.3) is 0 Å². The topological polar surface area (TPSA) is 58.6 Å². The van der Waals surface area contributed by atoms with Crippen LogP contribution in [-0.2, 0) is 15.7 Å². The molecule has 0 radical (unpaired) electrons. The number of alkyl halides is 3. The SMILES string of the molecule is CCCNC(=O)N1[C@H]2CC[C@@H]1C(C(=O)OC)=C(c1ccc(Cl)c(C(F)(F)F)c1)C2. The standard InChI is InChI=1S/C20H22ClF3N2O3/c1-3-8-25-19(28)26-12-5-7-16(26)17(18(27)29-2)13(10-12)11-4-6-15(21)14(9-11)20(22,23)24/h4,6,9,12,16H,3,5,7-8,10H2,1-2H3,(H,25,28)/t12-,16+/m0/s1. The number of halogens is 4. The molecule has 0 aromatic heterocycles. The van der Waals surface area contributed by atoms with Crippen molar-refractivity contribution in [3.05, 3.63) is 39.9 Å². The summed E-state index contributed by atoms with van der Waals surface area (Å²) in [5, 5.41) is 2.42. The van der Waals surface area contributed by atoms with Crippen molar-refractivity contribution in [3.63, 3.8) is 0 Å². The van der Waals surface area contributed by atoms with Gasteiger partial charge in [0.05, 0.1) is 29.3 Å². The molecule has 0 unspecified atom stereocenters. The molecule has 2 heterocycles. The average Bonchev–Trinajstić information content (AvgIpc) is 2.98. The van der Waals surface area contributed by atoms with Gasteiger partial charge in [0, 0.05) is 12.6 Å². The zero-order chi connectivity index (χ0) is 21.3. The van der Waals surface area contributed by atoms with Crippen LogP contribution in [0.3, 0.4) is 0 Å². The number of nitrogens with zero attached hydrogens (tertiary/aromatic N) is 1. The molecule has 5 nitrogen and oxygen atoms in total. The molecule has 9 heteroatoms. The van der Waals surface area contributed by atoms with E-state index >= 15 is 0 Å². The fraction of sp³-hybridized carbons (Fsp3) is 0.500. The summed E-state index contributed by atoms with van der Waals surface area (Å²) in [5.74, 6) is -0.637. The first kappa shape index (κ1) is 21.5. The van der Waals surface area contributed by atoms with Gasteiger partial charge in [-0.05, 0) is 49.0 Å². The molecule has 2 aliphatic heterocycles. The summed E-state index contributed by atoms with van der Waals surface area (Å²) in [7, 11) is 1.22. The molecule has 2 bridgehead atoms. The Kier molecular flexibility index (Phi) is 6.12. The molecule has 29 heavy (non-hydrogen) atoms. The van der Waals surface area contributed by atoms with Crippen LogP contribution in [0.4, 0.5) is 18.0 Å². The summed E-state index contributed by atoms with van der Waals surface area (Å²) in [6.07, 6.45) is -2.35. The van der Waals surface area contributed by atoms with E-state index in [4.69, 9.17) is 16.3 Å². The van der Waals surface area contributed by atoms with Crippen molar-refractivity contribution in [1.82, 2.24) is 10.2 Å². The van der Waals surface area contributed by atoms with Crippen molar-refractivity contribution in [1.29, 1.82) is 0 Å². The van der Waals surface area contributed by atoms with Crippen LogP contribution >= 0.6 is 11.6 Å². The number of carbonyl (C=O) groups is 2. The summed E-state index contributed by atoms with van der Waals surface area (Å²) in [6, 6.07) is 2.63. The van der Waals surface area contributed by atoms with Crippen molar-refractivity contribution in [2.75, 3.05) is 13.7 Å². The van der Waals surface area contributed by atoms with E-state index in [9.17, 15) is 22.8 Å². The summed E-state index contributed by atoms with van der Waals surface area (Å²) in [5.41, 5.74) is 0.0332. The van der Waals surface area contributed by atoms with E-state index in [0.29, 0.717) is 25.0 Å². The molecule has 1 aromatic rings. The first-order valence-corrected chi connectivity index (χ1v) is 9.81. The van der Waals surface area contributed by atoms with Gasteiger partial charge < -0.3 is 15.0 Å². The molecule has 2 aliphatic rings. The van der Waals surface area contributed by atoms with Crippen LogP contribution in [-0.4, -0.2) is 42.6 Å². The Labute approximate surface area is 171 Å². The Hall–Kier alpha value is -2.22. The molecular weight excluding hydrogens is 409 g/mol. The summed E-state index contributed by atoms with van der Waals surface area (Å²) in [6.45, 7) is 2.44. The highest BCUT2D eigenvalue weighted by Gasteiger charge is 2.47. The summed E-state index contributed by atoms with van der Waals surface area (Å²) < 4.78 is 44.9. The molecule has 1 N–H and O–H groups in total. The second kappa shape index (κ2) is 8.26. The molecule has 2 amide bonds. The highest BCUT2D eigenvalue weighted by atomic mass is 35.5. The highest BCUT2D eigenvalue weighted by Crippen LogP contribution is 2.45. The van der Waals surface area contributed by atoms with Gasteiger partial charge in [-0.1, -0.05) is 24.6 Å². The minimum absolute atomic E-state index is 0.190. The van der Waals surface area contributed by atoms with Crippen LogP contribution in [0.5, 0.6) is 0 Å². The van der Waals surface area contributed by atoms with E-state index in [2.05, 4.69) is 5.32 Å². The van der Waals surface area contributed by atoms with Gasteiger partial charge in [-0.25, -0.2) is 9.59 Å². The predicted octanol–water partition coefficient (Wildman–Crippen LogP) is 4.64. The first-order chi connectivity index (χ1) is 13.7. The molecule has 3 rings (SSSR count). The number of fused-ring (bicyclic) bond motifs is 2. The summed E-state index contributed by atoms with van der Waals surface area (Å²) >= 11 is 5.74. The Bertz CT molecular complexity index is 854. The lowest BCUT2D eigenvalue weighted by molar-refractivity contribution is -0.137. The quantitative estimate of drug-likeness (QED) is 0.708. The Morgan fingerprint density at radius 1 is 1.31 bits per heavy atom. The van der Waals surface area contributed by atoms with Crippen LogP contribution in [0.15, 0.2) is 23.8 Å². The van der Waals surface area contributed by atoms with E-state index in [0.717, 1.165) is 12.5 Å². The maximum absolute atomic E-state index is 13.3. The third kappa shape index (κ3) is 4.08. The molecule has 1 fully saturated rings. The van der Waals surface area contributed by atoms with Crippen LogP contribution in [0, 0.1) is 0 Å². The monoisotopic (exact) mass is 430 g/mol. The van der Waals surface area contributed by atoms with Crippen LogP contribution in [0.2, 0.25) is 5.02 Å². The number of amides is 2. The minimum Gasteiger partial charge on any atom is -0.466 e. The number of hydrogen-bond acceptors (Lipinski definition) is 3. The van der Waals surface area contributed by atoms with Crippen molar-refractivity contribution < 1.29 is 27.5 Å². The molecule has 0 spiro atoms. The third-order valence-electron chi connectivity index (χ3n) is 5.39. The lowest BCUT2D eigenvalue weighted by atomic mass is 9.87. The van der Waals surface area contributed by atoms with Gasteiger partial charge in [0.2, 0.25) is 0 Å². The van der Waals surface area contributed by atoms with Gasteiger partial charge in [0.1, 0.15) is 0 Å². The fourth-order valence-electron chi connectivity index (χ4n) is 4.12.